The van der Waals surface area contributed by atoms with Gasteiger partial charge in [0.2, 0.25) is 5.91 Å². The van der Waals surface area contributed by atoms with Gasteiger partial charge in [-0.3, -0.25) is 4.79 Å². The van der Waals surface area contributed by atoms with Crippen LogP contribution in [0.5, 0.6) is 0 Å². The average molecular weight is 173 g/mol. The van der Waals surface area contributed by atoms with Gasteiger partial charge in [-0.2, -0.15) is 0 Å². The van der Waals surface area contributed by atoms with E-state index in [1.807, 2.05) is 13.8 Å². The third-order valence-corrected chi connectivity index (χ3v) is 1.18. The van der Waals surface area contributed by atoms with Crippen LogP contribution in [0.15, 0.2) is 24.0 Å². The Bertz CT molecular complexity index is 152. The van der Waals surface area contributed by atoms with Gasteiger partial charge in [0.1, 0.15) is 0 Å². The van der Waals surface area contributed by atoms with Gasteiger partial charge in [-0.1, -0.05) is 26.5 Å². The fraction of sp³-hybridized carbons (Fsp3) is 0.375. The molecule has 0 aromatic carbocycles. The first kappa shape index (κ1) is 13.0. The Labute approximate surface area is 71.0 Å². The number of likely N-dealkylation sites (N-methyl/N-ethyl adjacent to an activating group) is 1. The molecule has 64 valence electrons. The number of allylic oxidation sites excluding steroid dienone is 2. The van der Waals surface area contributed by atoms with E-state index in [0.29, 0.717) is 0 Å². The van der Waals surface area contributed by atoms with Crippen LogP contribution in [0.3, 0.4) is 0 Å². The number of amides is 1. The number of rotatable bonds is 2. The molecule has 1 unspecified atom stereocenters. The lowest BCUT2D eigenvalue weighted by Crippen LogP contribution is -2.14. The average Bonchev–Trinajstić information content (AvgIpc) is 2.07. The van der Waals surface area contributed by atoms with Gasteiger partial charge in [0.15, 0.2) is 0 Å². The highest BCUT2D eigenvalue weighted by atomic mass is 31.0. The van der Waals surface area contributed by atoms with E-state index in [0.717, 1.165) is 5.31 Å². The molecule has 0 radical (unpaired) electrons. The first-order valence-corrected chi connectivity index (χ1v) is 4.09. The highest BCUT2D eigenvalue weighted by Gasteiger charge is 1.88. The molecule has 0 aromatic rings. The van der Waals surface area contributed by atoms with Gasteiger partial charge < -0.3 is 5.32 Å². The molecule has 0 aliphatic heterocycles. The van der Waals surface area contributed by atoms with Gasteiger partial charge in [0.05, 0.1) is 0 Å². The van der Waals surface area contributed by atoms with E-state index in [4.69, 9.17) is 0 Å². The van der Waals surface area contributed by atoms with Crippen molar-refractivity contribution in [2.24, 2.45) is 0 Å². The summed E-state index contributed by atoms with van der Waals surface area (Å²) >= 11 is 0. The monoisotopic (exact) mass is 173 g/mol. The normalized spacial score (nSPS) is 9.27. The summed E-state index contributed by atoms with van der Waals surface area (Å²) in [6.45, 7) is 7.48. The van der Waals surface area contributed by atoms with Crippen molar-refractivity contribution in [3.05, 3.63) is 24.0 Å². The number of nitrogens with one attached hydrogen (secondary N) is 1. The molecule has 11 heavy (non-hydrogen) atoms. The fourth-order valence-electron chi connectivity index (χ4n) is 0.282. The lowest BCUT2D eigenvalue weighted by atomic mass is 10.4. The quantitative estimate of drug-likeness (QED) is 0.384. The summed E-state index contributed by atoms with van der Waals surface area (Å²) in [5, 5.41) is 3.24. The van der Waals surface area contributed by atoms with Crippen LogP contribution in [0.4, 0.5) is 0 Å². The van der Waals surface area contributed by atoms with Crippen LogP contribution in [-0.2, 0) is 4.79 Å². The van der Waals surface area contributed by atoms with Crippen LogP contribution in [0, 0.1) is 0 Å². The smallest absolute Gasteiger partial charge is 0.244 e. The minimum absolute atomic E-state index is 0.111. The molecular weight excluding hydrogens is 157 g/mol. The molecule has 0 aliphatic rings. The zero-order valence-electron chi connectivity index (χ0n) is 7.35. The maximum absolute atomic E-state index is 10.5. The van der Waals surface area contributed by atoms with Crippen molar-refractivity contribution >= 4 is 15.1 Å². The number of hydrogen-bond donors (Lipinski definition) is 1. The maximum atomic E-state index is 10.5. The summed E-state index contributed by atoms with van der Waals surface area (Å²) < 4.78 is 0. The second-order valence-corrected chi connectivity index (χ2v) is 2.13. The molecule has 0 aliphatic carbocycles. The predicted molar refractivity (Wildman–Crippen MR) is 53.4 cm³/mol. The van der Waals surface area contributed by atoms with Gasteiger partial charge >= 0.3 is 0 Å². The minimum Gasteiger partial charge on any atom is -0.356 e. The van der Waals surface area contributed by atoms with Gasteiger partial charge in [-0.25, -0.2) is 0 Å². The van der Waals surface area contributed by atoms with Crippen LogP contribution in [-0.4, -0.2) is 13.0 Å². The third kappa shape index (κ3) is 9.38. The van der Waals surface area contributed by atoms with E-state index < -0.39 is 0 Å². The van der Waals surface area contributed by atoms with Crippen molar-refractivity contribution in [1.82, 2.24) is 5.32 Å². The van der Waals surface area contributed by atoms with Crippen molar-refractivity contribution in [1.29, 1.82) is 0 Å². The molecule has 0 bridgehead atoms. The van der Waals surface area contributed by atoms with Crippen molar-refractivity contribution < 1.29 is 4.79 Å². The molecule has 0 aromatic heterocycles. The summed E-state index contributed by atoms with van der Waals surface area (Å²) in [4.78, 5) is 10.5. The van der Waals surface area contributed by atoms with Crippen molar-refractivity contribution in [2.45, 2.75) is 13.8 Å². The summed E-state index contributed by atoms with van der Waals surface area (Å²) in [7, 11) is 3.97. The Balaban J connectivity index is 0. The van der Waals surface area contributed by atoms with Crippen molar-refractivity contribution in [2.75, 3.05) is 7.05 Å². The molecule has 0 saturated heterocycles. The highest BCUT2D eigenvalue weighted by Crippen LogP contribution is 2.03. The van der Waals surface area contributed by atoms with Gasteiger partial charge in [-0.05, 0) is 5.31 Å². The van der Waals surface area contributed by atoms with Crippen LogP contribution in [0.25, 0.3) is 0 Å². The van der Waals surface area contributed by atoms with Gasteiger partial charge in [0.25, 0.3) is 0 Å². The van der Waals surface area contributed by atoms with E-state index in [9.17, 15) is 4.79 Å². The number of carbonyl (C=O) groups excluding carboxylic acids is 1. The summed E-state index contributed by atoms with van der Waals surface area (Å²) in [5.41, 5.74) is 0. The molecule has 2 nitrogen and oxygen atoms in total. The second kappa shape index (κ2) is 9.38. The molecule has 0 fully saturated rings. The second-order valence-electron chi connectivity index (χ2n) is 1.46. The van der Waals surface area contributed by atoms with Crippen LogP contribution in [0.2, 0.25) is 0 Å². The van der Waals surface area contributed by atoms with Crippen LogP contribution < -0.4 is 5.32 Å². The SMILES string of the molecule is C=C/C(P)=C\C(=O)NC.CC. The van der Waals surface area contributed by atoms with E-state index in [1.54, 1.807) is 13.1 Å². The molecule has 1 amide bonds. The molecule has 1 N–H and O–H groups in total. The lowest BCUT2D eigenvalue weighted by Gasteiger charge is -1.90. The topological polar surface area (TPSA) is 29.1 Å². The Morgan fingerprint density at radius 1 is 1.55 bits per heavy atom. The predicted octanol–water partition coefficient (Wildman–Crippen LogP) is 1.70. The Kier molecular flexibility index (Phi) is 11.1. The first-order chi connectivity index (χ1) is 5.20. The zero-order valence-corrected chi connectivity index (χ0v) is 8.50. The van der Waals surface area contributed by atoms with Gasteiger partial charge in [0, 0.05) is 13.1 Å². The zero-order chi connectivity index (χ0) is 9.28. The number of hydrogen-bond acceptors (Lipinski definition) is 1. The summed E-state index contributed by atoms with van der Waals surface area (Å²) in [6.07, 6.45) is 3.05. The Hall–Kier alpha value is -0.620. The first-order valence-electron chi connectivity index (χ1n) is 3.52. The molecule has 0 spiro atoms. The standard InChI is InChI=1S/C6H10NOP.C2H6/c1-3-5(9)4-6(8)7-2;1-2/h3-4H,1,9H2,2H3,(H,7,8);1-2H3/b5-4+;. The lowest BCUT2D eigenvalue weighted by molar-refractivity contribution is -0.116. The van der Waals surface area contributed by atoms with Gasteiger partial charge in [-0.15, -0.1) is 9.24 Å². The maximum Gasteiger partial charge on any atom is 0.244 e. The van der Waals surface area contributed by atoms with E-state index in [2.05, 4.69) is 21.1 Å². The summed E-state index contributed by atoms with van der Waals surface area (Å²) in [5.74, 6) is -0.111. The molecule has 3 heteroatoms. The Morgan fingerprint density at radius 3 is 2.27 bits per heavy atom. The van der Waals surface area contributed by atoms with E-state index in [-0.39, 0.29) is 5.91 Å². The molecular formula is C8H16NOP. The van der Waals surface area contributed by atoms with Crippen molar-refractivity contribution in [3.8, 4) is 0 Å². The molecule has 1 atom stereocenters. The summed E-state index contributed by atoms with van der Waals surface area (Å²) in [6, 6.07) is 0. The molecule has 0 heterocycles. The molecule has 0 rings (SSSR count). The van der Waals surface area contributed by atoms with Crippen molar-refractivity contribution in [3.63, 3.8) is 0 Å². The number of carbonyl (C=O) groups is 1. The minimum atomic E-state index is -0.111. The fourth-order valence-corrected chi connectivity index (χ4v) is 0.434. The van der Waals surface area contributed by atoms with E-state index in [1.165, 1.54) is 6.08 Å². The van der Waals surface area contributed by atoms with Crippen LogP contribution >= 0.6 is 9.24 Å². The highest BCUT2D eigenvalue weighted by molar-refractivity contribution is 7.23. The third-order valence-electron chi connectivity index (χ3n) is 0.780. The molecule has 0 saturated carbocycles. The van der Waals surface area contributed by atoms with Crippen LogP contribution in [0.1, 0.15) is 13.8 Å². The Morgan fingerprint density at radius 2 is 2.00 bits per heavy atom. The van der Waals surface area contributed by atoms with E-state index >= 15 is 0 Å². The largest absolute Gasteiger partial charge is 0.356 e.